The van der Waals surface area contributed by atoms with Crippen LogP contribution in [0.25, 0.3) is 10.1 Å². The zero-order valence-electron chi connectivity index (χ0n) is 10.7. The fraction of sp³-hybridized carbons (Fsp3) is 0.231. The summed E-state index contributed by atoms with van der Waals surface area (Å²) >= 11 is 1.19. The van der Waals surface area contributed by atoms with Gasteiger partial charge in [-0.25, -0.2) is 4.79 Å². The lowest BCUT2D eigenvalue weighted by atomic mass is 10.1. The molecule has 2 rings (SSSR count). The Morgan fingerprint density at radius 1 is 1.16 bits per heavy atom. The number of methoxy groups -OCH3 is 3. The number of hydrogen-bond donors (Lipinski definition) is 0. The molecule has 100 valence electrons. The standard InChI is InChI=1S/C13H12O5S/c1-16-9-4-7-8(6-14)12(13(15)18-3)19-11(7)5-10(9)17-2/h4-6H,1-3H3. The molecule has 0 saturated heterocycles. The highest BCUT2D eigenvalue weighted by molar-refractivity contribution is 7.21. The van der Waals surface area contributed by atoms with Crippen molar-refractivity contribution >= 4 is 33.7 Å². The molecule has 0 atom stereocenters. The largest absolute Gasteiger partial charge is 0.493 e. The summed E-state index contributed by atoms with van der Waals surface area (Å²) < 4.78 is 15.8. The van der Waals surface area contributed by atoms with Crippen molar-refractivity contribution in [1.29, 1.82) is 0 Å². The van der Waals surface area contributed by atoms with Crippen molar-refractivity contribution in [2.45, 2.75) is 0 Å². The highest BCUT2D eigenvalue weighted by Crippen LogP contribution is 2.38. The van der Waals surface area contributed by atoms with Crippen LogP contribution in [-0.4, -0.2) is 33.6 Å². The van der Waals surface area contributed by atoms with Crippen LogP contribution in [0.1, 0.15) is 20.0 Å². The van der Waals surface area contributed by atoms with Crippen LogP contribution in [0.2, 0.25) is 0 Å². The van der Waals surface area contributed by atoms with E-state index in [0.29, 0.717) is 28.7 Å². The van der Waals surface area contributed by atoms with Crippen LogP contribution >= 0.6 is 11.3 Å². The average molecular weight is 280 g/mol. The Labute approximate surface area is 113 Å². The van der Waals surface area contributed by atoms with Gasteiger partial charge in [0.15, 0.2) is 17.8 Å². The Bertz CT molecular complexity index is 644. The molecule has 19 heavy (non-hydrogen) atoms. The number of esters is 1. The Balaban J connectivity index is 2.76. The molecule has 0 spiro atoms. The summed E-state index contributed by atoms with van der Waals surface area (Å²) in [6.07, 6.45) is 0.650. The van der Waals surface area contributed by atoms with Crippen molar-refractivity contribution in [3.63, 3.8) is 0 Å². The first-order chi connectivity index (χ1) is 9.15. The molecule has 6 heteroatoms. The third-order valence-electron chi connectivity index (χ3n) is 2.72. The van der Waals surface area contributed by atoms with E-state index in [1.54, 1.807) is 12.1 Å². The second kappa shape index (κ2) is 5.27. The van der Waals surface area contributed by atoms with Crippen LogP contribution < -0.4 is 9.47 Å². The predicted octanol–water partition coefficient (Wildman–Crippen LogP) is 2.52. The summed E-state index contributed by atoms with van der Waals surface area (Å²) in [4.78, 5) is 23.1. The Morgan fingerprint density at radius 3 is 2.32 bits per heavy atom. The monoisotopic (exact) mass is 280 g/mol. The van der Waals surface area contributed by atoms with E-state index >= 15 is 0 Å². The van der Waals surface area contributed by atoms with Gasteiger partial charge in [0, 0.05) is 21.7 Å². The Morgan fingerprint density at radius 2 is 1.79 bits per heavy atom. The molecule has 0 radical (unpaired) electrons. The number of benzene rings is 1. The summed E-state index contributed by atoms with van der Waals surface area (Å²) in [5.41, 5.74) is 0.313. The van der Waals surface area contributed by atoms with E-state index in [0.717, 1.165) is 4.70 Å². The van der Waals surface area contributed by atoms with Crippen molar-refractivity contribution in [3.05, 3.63) is 22.6 Å². The zero-order chi connectivity index (χ0) is 14.0. The molecule has 0 bridgehead atoms. The maximum atomic E-state index is 11.6. The predicted molar refractivity (Wildman–Crippen MR) is 71.7 cm³/mol. The third kappa shape index (κ3) is 2.15. The minimum Gasteiger partial charge on any atom is -0.493 e. The van der Waals surface area contributed by atoms with E-state index in [4.69, 9.17) is 9.47 Å². The number of carbonyl (C=O) groups is 2. The van der Waals surface area contributed by atoms with Crippen molar-refractivity contribution in [2.75, 3.05) is 21.3 Å². The van der Waals surface area contributed by atoms with Crippen LogP contribution in [0.3, 0.4) is 0 Å². The molecule has 1 aromatic heterocycles. The highest BCUT2D eigenvalue weighted by Gasteiger charge is 2.20. The molecule has 0 unspecified atom stereocenters. The molecular weight excluding hydrogens is 268 g/mol. The van der Waals surface area contributed by atoms with E-state index in [-0.39, 0.29) is 4.88 Å². The van der Waals surface area contributed by atoms with Gasteiger partial charge in [0.1, 0.15) is 4.88 Å². The number of carbonyl (C=O) groups excluding carboxylic acids is 2. The summed E-state index contributed by atoms with van der Waals surface area (Å²) in [5, 5.41) is 0.651. The van der Waals surface area contributed by atoms with Crippen LogP contribution in [0.15, 0.2) is 12.1 Å². The molecule has 0 aliphatic rings. The van der Waals surface area contributed by atoms with Crippen molar-refractivity contribution in [3.8, 4) is 11.5 Å². The Hall–Kier alpha value is -2.08. The highest BCUT2D eigenvalue weighted by atomic mass is 32.1. The SMILES string of the molecule is COC(=O)c1sc2cc(OC)c(OC)cc2c1C=O. The smallest absolute Gasteiger partial charge is 0.348 e. The number of aldehydes is 1. The van der Waals surface area contributed by atoms with Crippen molar-refractivity contribution in [2.24, 2.45) is 0 Å². The first-order valence-electron chi connectivity index (χ1n) is 5.38. The lowest BCUT2D eigenvalue weighted by Gasteiger charge is -2.07. The summed E-state index contributed by atoms with van der Waals surface area (Å²) in [6, 6.07) is 3.42. The summed E-state index contributed by atoms with van der Waals surface area (Å²) in [7, 11) is 4.32. The first kappa shape index (κ1) is 13.4. The summed E-state index contributed by atoms with van der Waals surface area (Å²) in [5.74, 6) is 0.527. The number of thiophene rings is 1. The lowest BCUT2D eigenvalue weighted by Crippen LogP contribution is -2.01. The molecule has 1 aromatic carbocycles. The quantitative estimate of drug-likeness (QED) is 0.636. The van der Waals surface area contributed by atoms with Crippen molar-refractivity contribution in [1.82, 2.24) is 0 Å². The lowest BCUT2D eigenvalue weighted by molar-refractivity contribution is 0.0604. The minimum atomic E-state index is -0.527. The van der Waals surface area contributed by atoms with Gasteiger partial charge >= 0.3 is 5.97 Å². The van der Waals surface area contributed by atoms with Gasteiger partial charge in [0.25, 0.3) is 0 Å². The second-order valence-electron chi connectivity index (χ2n) is 3.66. The number of hydrogen-bond acceptors (Lipinski definition) is 6. The molecule has 5 nitrogen and oxygen atoms in total. The fourth-order valence-electron chi connectivity index (χ4n) is 1.80. The van der Waals surface area contributed by atoms with E-state index in [2.05, 4.69) is 4.74 Å². The van der Waals surface area contributed by atoms with Gasteiger partial charge < -0.3 is 14.2 Å². The molecule has 0 N–H and O–H groups in total. The van der Waals surface area contributed by atoms with Gasteiger partial charge in [-0.2, -0.15) is 0 Å². The maximum Gasteiger partial charge on any atom is 0.348 e. The second-order valence-corrected chi connectivity index (χ2v) is 4.71. The van der Waals surface area contributed by atoms with E-state index in [1.165, 1.54) is 32.7 Å². The van der Waals surface area contributed by atoms with Crippen LogP contribution in [0, 0.1) is 0 Å². The number of rotatable bonds is 4. The van der Waals surface area contributed by atoms with Crippen LogP contribution in [0.4, 0.5) is 0 Å². The van der Waals surface area contributed by atoms with Gasteiger partial charge in [-0.05, 0) is 6.07 Å². The van der Waals surface area contributed by atoms with Gasteiger partial charge in [-0.15, -0.1) is 11.3 Å². The van der Waals surface area contributed by atoms with E-state index < -0.39 is 5.97 Å². The van der Waals surface area contributed by atoms with Gasteiger partial charge in [-0.1, -0.05) is 0 Å². The number of ether oxygens (including phenoxy) is 3. The first-order valence-corrected chi connectivity index (χ1v) is 6.20. The minimum absolute atomic E-state index is 0.280. The third-order valence-corrected chi connectivity index (χ3v) is 3.87. The molecular formula is C13H12O5S. The Kier molecular flexibility index (Phi) is 3.71. The van der Waals surface area contributed by atoms with Crippen LogP contribution in [-0.2, 0) is 4.74 Å². The normalized spacial score (nSPS) is 10.3. The number of fused-ring (bicyclic) bond motifs is 1. The van der Waals surface area contributed by atoms with Crippen molar-refractivity contribution < 1.29 is 23.8 Å². The molecule has 0 aliphatic carbocycles. The van der Waals surface area contributed by atoms with Gasteiger partial charge in [0.2, 0.25) is 0 Å². The maximum absolute atomic E-state index is 11.6. The fourth-order valence-corrected chi connectivity index (χ4v) is 2.90. The molecule has 2 aromatic rings. The van der Waals surface area contributed by atoms with Gasteiger partial charge in [0.05, 0.1) is 21.3 Å². The molecule has 0 fully saturated rings. The zero-order valence-corrected chi connectivity index (χ0v) is 11.5. The van der Waals surface area contributed by atoms with Crippen LogP contribution in [0.5, 0.6) is 11.5 Å². The van der Waals surface area contributed by atoms with E-state index in [9.17, 15) is 9.59 Å². The average Bonchev–Trinajstić information content (AvgIpc) is 2.81. The van der Waals surface area contributed by atoms with E-state index in [1.807, 2.05) is 0 Å². The topological polar surface area (TPSA) is 61.8 Å². The molecule has 0 saturated carbocycles. The molecule has 1 heterocycles. The summed E-state index contributed by atoms with van der Waals surface area (Å²) in [6.45, 7) is 0. The van der Waals surface area contributed by atoms with Gasteiger partial charge in [-0.3, -0.25) is 4.79 Å². The molecule has 0 amide bonds. The molecule has 0 aliphatic heterocycles.